The molecule has 2 heterocycles. The van der Waals surface area contributed by atoms with Gasteiger partial charge in [0.2, 0.25) is 5.91 Å². The molecule has 1 unspecified atom stereocenters. The molecule has 118 valence electrons. The van der Waals surface area contributed by atoms with Gasteiger partial charge in [0.15, 0.2) is 0 Å². The lowest BCUT2D eigenvalue weighted by Gasteiger charge is -2.13. The molecule has 2 aliphatic heterocycles. The number of ether oxygens (including phenoxy) is 2. The molecule has 0 radical (unpaired) electrons. The van der Waals surface area contributed by atoms with Gasteiger partial charge in [-0.05, 0) is 44.9 Å². The molecule has 0 bridgehead atoms. The van der Waals surface area contributed by atoms with Gasteiger partial charge in [0, 0.05) is 36.7 Å². The molecule has 1 saturated heterocycles. The third kappa shape index (κ3) is 3.11. The minimum atomic E-state index is 0.0785. The summed E-state index contributed by atoms with van der Waals surface area (Å²) in [5.74, 6) is 1.81. The van der Waals surface area contributed by atoms with Crippen molar-refractivity contribution in [3.63, 3.8) is 0 Å². The van der Waals surface area contributed by atoms with Crippen LogP contribution < -0.4 is 9.47 Å². The molecule has 1 atom stereocenters. The Bertz CT molecular complexity index is 588. The van der Waals surface area contributed by atoms with E-state index in [1.807, 2.05) is 30.0 Å². The Hall–Kier alpha value is -1.97. The minimum absolute atomic E-state index is 0.0785. The fourth-order valence-corrected chi connectivity index (χ4v) is 3.07. The van der Waals surface area contributed by atoms with Crippen LogP contribution in [0.25, 0.3) is 6.08 Å². The number of rotatable bonds is 4. The highest BCUT2D eigenvalue weighted by molar-refractivity contribution is 5.92. The van der Waals surface area contributed by atoms with E-state index in [1.54, 1.807) is 6.08 Å². The summed E-state index contributed by atoms with van der Waals surface area (Å²) < 4.78 is 11.5. The summed E-state index contributed by atoms with van der Waals surface area (Å²) in [6.07, 6.45) is 6.82. The van der Waals surface area contributed by atoms with Crippen molar-refractivity contribution in [2.24, 2.45) is 0 Å². The van der Waals surface area contributed by atoms with Gasteiger partial charge in [0.25, 0.3) is 0 Å². The third-order valence-corrected chi connectivity index (χ3v) is 4.15. The van der Waals surface area contributed by atoms with Gasteiger partial charge in [-0.3, -0.25) is 4.79 Å². The highest BCUT2D eigenvalue weighted by atomic mass is 16.5. The standard InChI is InChI=1S/C18H23NO3/c1-3-21-16-12-15-10-13(2)22-17(15)11-14(16)6-7-18(20)19-8-4-5-9-19/h6-7,11-13H,3-5,8-10H2,1-2H3/b7-6+. The summed E-state index contributed by atoms with van der Waals surface area (Å²) in [6, 6.07) is 4.03. The number of nitrogens with zero attached hydrogens (tertiary/aromatic N) is 1. The van der Waals surface area contributed by atoms with Gasteiger partial charge in [-0.25, -0.2) is 0 Å². The first-order chi connectivity index (χ1) is 10.7. The average Bonchev–Trinajstić information content (AvgIpc) is 3.13. The van der Waals surface area contributed by atoms with E-state index in [9.17, 15) is 4.79 Å². The van der Waals surface area contributed by atoms with Gasteiger partial charge in [-0.2, -0.15) is 0 Å². The number of benzene rings is 1. The second kappa shape index (κ2) is 6.42. The molecule has 1 fully saturated rings. The second-order valence-electron chi connectivity index (χ2n) is 5.93. The molecule has 0 spiro atoms. The first-order valence-corrected chi connectivity index (χ1v) is 8.10. The van der Waals surface area contributed by atoms with Crippen molar-refractivity contribution in [3.05, 3.63) is 29.3 Å². The molecule has 0 N–H and O–H groups in total. The van der Waals surface area contributed by atoms with Crippen molar-refractivity contribution >= 4 is 12.0 Å². The minimum Gasteiger partial charge on any atom is -0.493 e. The van der Waals surface area contributed by atoms with Gasteiger partial charge in [-0.1, -0.05) is 0 Å². The first-order valence-electron chi connectivity index (χ1n) is 8.10. The van der Waals surface area contributed by atoms with Crippen LogP contribution in [-0.4, -0.2) is 36.6 Å². The van der Waals surface area contributed by atoms with Crippen molar-refractivity contribution in [2.45, 2.75) is 39.2 Å². The van der Waals surface area contributed by atoms with Crippen LogP contribution in [-0.2, 0) is 11.2 Å². The molecule has 3 rings (SSSR count). The van der Waals surface area contributed by atoms with Crippen LogP contribution in [0.3, 0.4) is 0 Å². The summed E-state index contributed by atoms with van der Waals surface area (Å²) in [6.45, 7) is 6.37. The maximum atomic E-state index is 12.1. The van der Waals surface area contributed by atoms with Crippen LogP contribution in [0.15, 0.2) is 18.2 Å². The van der Waals surface area contributed by atoms with E-state index < -0.39 is 0 Å². The van der Waals surface area contributed by atoms with Crippen LogP contribution in [0.4, 0.5) is 0 Å². The summed E-state index contributed by atoms with van der Waals surface area (Å²) in [4.78, 5) is 14.0. The molecule has 22 heavy (non-hydrogen) atoms. The van der Waals surface area contributed by atoms with Crippen molar-refractivity contribution in [2.75, 3.05) is 19.7 Å². The Kier molecular flexibility index (Phi) is 4.36. The molecule has 2 aliphatic rings. The topological polar surface area (TPSA) is 38.8 Å². The van der Waals surface area contributed by atoms with Gasteiger partial charge in [0.1, 0.15) is 17.6 Å². The van der Waals surface area contributed by atoms with Crippen molar-refractivity contribution < 1.29 is 14.3 Å². The normalized spacial score (nSPS) is 20.3. The maximum Gasteiger partial charge on any atom is 0.246 e. The Morgan fingerprint density at radius 2 is 2.18 bits per heavy atom. The number of fused-ring (bicyclic) bond motifs is 1. The Balaban J connectivity index is 1.82. The number of amides is 1. The van der Waals surface area contributed by atoms with Crippen LogP contribution in [0.5, 0.6) is 11.5 Å². The molecule has 0 aliphatic carbocycles. The molecule has 4 nitrogen and oxygen atoms in total. The monoisotopic (exact) mass is 301 g/mol. The first kappa shape index (κ1) is 14.9. The van der Waals surface area contributed by atoms with Crippen molar-refractivity contribution in [1.29, 1.82) is 0 Å². The highest BCUT2D eigenvalue weighted by Gasteiger charge is 2.21. The smallest absolute Gasteiger partial charge is 0.246 e. The van der Waals surface area contributed by atoms with Crippen LogP contribution in [0, 0.1) is 0 Å². The van der Waals surface area contributed by atoms with Crippen molar-refractivity contribution in [1.82, 2.24) is 4.90 Å². The fraction of sp³-hybridized carbons (Fsp3) is 0.500. The Morgan fingerprint density at radius 3 is 2.91 bits per heavy atom. The van der Waals surface area contributed by atoms with Crippen LogP contribution in [0.2, 0.25) is 0 Å². The average molecular weight is 301 g/mol. The number of hydrogen-bond donors (Lipinski definition) is 0. The number of likely N-dealkylation sites (tertiary alicyclic amines) is 1. The van der Waals surface area contributed by atoms with Crippen molar-refractivity contribution in [3.8, 4) is 11.5 Å². The molecular formula is C18H23NO3. The Labute approximate surface area is 131 Å². The SMILES string of the molecule is CCOc1cc2c(cc1/C=C/C(=O)N1CCCC1)OC(C)C2. The zero-order valence-electron chi connectivity index (χ0n) is 13.3. The lowest BCUT2D eigenvalue weighted by Crippen LogP contribution is -2.25. The zero-order valence-corrected chi connectivity index (χ0v) is 13.3. The predicted molar refractivity (Wildman–Crippen MR) is 86.3 cm³/mol. The molecule has 1 aromatic rings. The van der Waals surface area contributed by atoms with Gasteiger partial charge >= 0.3 is 0 Å². The molecule has 1 amide bonds. The summed E-state index contributed by atoms with van der Waals surface area (Å²) >= 11 is 0. The summed E-state index contributed by atoms with van der Waals surface area (Å²) in [7, 11) is 0. The third-order valence-electron chi connectivity index (χ3n) is 4.15. The number of hydrogen-bond acceptors (Lipinski definition) is 3. The number of carbonyl (C=O) groups is 1. The van der Waals surface area contributed by atoms with Crippen LogP contribution in [0.1, 0.15) is 37.8 Å². The lowest BCUT2D eigenvalue weighted by molar-refractivity contribution is -0.124. The van der Waals surface area contributed by atoms with E-state index in [4.69, 9.17) is 9.47 Å². The quantitative estimate of drug-likeness (QED) is 0.802. The van der Waals surface area contributed by atoms with E-state index in [1.165, 1.54) is 5.56 Å². The number of carbonyl (C=O) groups excluding carboxylic acids is 1. The fourth-order valence-electron chi connectivity index (χ4n) is 3.07. The predicted octanol–water partition coefficient (Wildman–Crippen LogP) is 3.04. The van der Waals surface area contributed by atoms with E-state index >= 15 is 0 Å². The van der Waals surface area contributed by atoms with Gasteiger partial charge in [-0.15, -0.1) is 0 Å². The largest absolute Gasteiger partial charge is 0.493 e. The molecule has 1 aromatic carbocycles. The highest BCUT2D eigenvalue weighted by Crippen LogP contribution is 2.35. The van der Waals surface area contributed by atoms with E-state index in [0.29, 0.717) is 6.61 Å². The molecule has 0 aromatic heterocycles. The second-order valence-corrected chi connectivity index (χ2v) is 5.93. The van der Waals surface area contributed by atoms with Gasteiger partial charge < -0.3 is 14.4 Å². The zero-order chi connectivity index (χ0) is 15.5. The van der Waals surface area contributed by atoms with Crippen LogP contribution >= 0.6 is 0 Å². The maximum absolute atomic E-state index is 12.1. The molecule has 4 heteroatoms. The Morgan fingerprint density at radius 1 is 1.41 bits per heavy atom. The van der Waals surface area contributed by atoms with E-state index in [2.05, 4.69) is 6.92 Å². The van der Waals surface area contributed by atoms with Gasteiger partial charge in [0.05, 0.1) is 6.61 Å². The van der Waals surface area contributed by atoms with E-state index in [0.717, 1.165) is 49.4 Å². The molecular weight excluding hydrogens is 278 g/mol. The molecule has 0 saturated carbocycles. The summed E-state index contributed by atoms with van der Waals surface area (Å²) in [5, 5.41) is 0. The van der Waals surface area contributed by atoms with E-state index in [-0.39, 0.29) is 12.0 Å². The lowest BCUT2D eigenvalue weighted by atomic mass is 10.1. The summed E-state index contributed by atoms with van der Waals surface area (Å²) in [5.41, 5.74) is 2.08.